The zero-order chi connectivity index (χ0) is 14.6. The maximum absolute atomic E-state index is 12.3. The summed E-state index contributed by atoms with van der Waals surface area (Å²) in [4.78, 5) is 11.1. The first kappa shape index (κ1) is 15.5. The first-order chi connectivity index (χ1) is 8.78. The predicted octanol–water partition coefficient (Wildman–Crippen LogP) is 0.761. The van der Waals surface area contributed by atoms with E-state index in [4.69, 9.17) is 5.73 Å². The minimum Gasteiger partial charge on any atom is -0.469 e. The number of esters is 1. The van der Waals surface area contributed by atoms with Crippen molar-refractivity contribution in [3.63, 3.8) is 0 Å². The molecule has 2 N–H and O–H groups in total. The van der Waals surface area contributed by atoms with Crippen LogP contribution in [-0.4, -0.2) is 39.4 Å². The van der Waals surface area contributed by atoms with E-state index in [-0.39, 0.29) is 23.5 Å². The number of aryl methyl sites for hydroxylation is 1. The van der Waals surface area contributed by atoms with E-state index in [0.717, 1.165) is 9.87 Å². The number of anilines is 1. The number of hydrogen-bond acceptors (Lipinski definition) is 5. The lowest BCUT2D eigenvalue weighted by Gasteiger charge is -2.18. The van der Waals surface area contributed by atoms with E-state index in [2.05, 4.69) is 4.74 Å². The Balaban J connectivity index is 2.94. The molecule has 6 nitrogen and oxygen atoms in total. The molecule has 0 atom stereocenters. The molecule has 0 saturated heterocycles. The third-order valence-electron chi connectivity index (χ3n) is 2.71. The van der Waals surface area contributed by atoms with E-state index in [9.17, 15) is 13.2 Å². The zero-order valence-electron chi connectivity index (χ0n) is 11.2. The van der Waals surface area contributed by atoms with Crippen molar-refractivity contribution < 1.29 is 17.9 Å². The molecule has 0 fully saturated rings. The minimum absolute atomic E-state index is 0.00199. The Morgan fingerprint density at radius 1 is 1.42 bits per heavy atom. The molecule has 0 aliphatic rings. The smallest absolute Gasteiger partial charge is 0.306 e. The van der Waals surface area contributed by atoms with Gasteiger partial charge in [-0.15, -0.1) is 0 Å². The Morgan fingerprint density at radius 2 is 2.05 bits per heavy atom. The molecule has 0 amide bonds. The van der Waals surface area contributed by atoms with Crippen molar-refractivity contribution in [1.29, 1.82) is 0 Å². The van der Waals surface area contributed by atoms with Crippen LogP contribution in [0.2, 0.25) is 0 Å². The maximum atomic E-state index is 12.3. The number of ether oxygens (including phenoxy) is 1. The van der Waals surface area contributed by atoms with Crippen molar-refractivity contribution in [2.24, 2.45) is 0 Å². The van der Waals surface area contributed by atoms with Gasteiger partial charge in [-0.25, -0.2) is 12.7 Å². The molecule has 1 aromatic carbocycles. The summed E-state index contributed by atoms with van der Waals surface area (Å²) in [5.41, 5.74) is 6.81. The summed E-state index contributed by atoms with van der Waals surface area (Å²) in [6, 6.07) is 4.74. The highest BCUT2D eigenvalue weighted by molar-refractivity contribution is 7.89. The van der Waals surface area contributed by atoms with Gasteiger partial charge in [0.15, 0.2) is 0 Å². The summed E-state index contributed by atoms with van der Waals surface area (Å²) >= 11 is 0. The second-order valence-electron chi connectivity index (χ2n) is 4.19. The number of hydrogen-bond donors (Lipinski definition) is 1. The molecule has 0 unspecified atom stereocenters. The van der Waals surface area contributed by atoms with Gasteiger partial charge in [-0.05, 0) is 24.6 Å². The Kier molecular flexibility index (Phi) is 4.90. The third kappa shape index (κ3) is 3.68. The van der Waals surface area contributed by atoms with Crippen molar-refractivity contribution in [2.45, 2.75) is 18.2 Å². The number of methoxy groups -OCH3 is 1. The molecule has 0 spiro atoms. The van der Waals surface area contributed by atoms with E-state index in [0.29, 0.717) is 0 Å². The normalized spacial score (nSPS) is 11.6. The molecule has 0 saturated carbocycles. The largest absolute Gasteiger partial charge is 0.469 e. The van der Waals surface area contributed by atoms with E-state index >= 15 is 0 Å². The van der Waals surface area contributed by atoms with Gasteiger partial charge in [-0.1, -0.05) is 6.07 Å². The number of nitrogens with two attached hydrogens (primary N) is 1. The summed E-state index contributed by atoms with van der Waals surface area (Å²) in [5.74, 6) is -0.459. The van der Waals surface area contributed by atoms with E-state index < -0.39 is 16.0 Å². The standard InChI is InChI=1S/C12H18N2O4S/c1-9-4-5-11(10(13)8-9)19(16,17)14(2)7-6-12(15)18-3/h4-5,8H,6-7,13H2,1-3H3. The molecule has 0 bridgehead atoms. The second-order valence-corrected chi connectivity index (χ2v) is 6.21. The third-order valence-corrected chi connectivity index (χ3v) is 4.64. The highest BCUT2D eigenvalue weighted by Crippen LogP contribution is 2.22. The van der Waals surface area contributed by atoms with Crippen LogP contribution in [0.5, 0.6) is 0 Å². The highest BCUT2D eigenvalue weighted by atomic mass is 32.2. The van der Waals surface area contributed by atoms with Crippen LogP contribution in [0.15, 0.2) is 23.1 Å². The van der Waals surface area contributed by atoms with Crippen LogP contribution in [0, 0.1) is 6.92 Å². The summed E-state index contributed by atoms with van der Waals surface area (Å²) in [6.45, 7) is 1.87. The van der Waals surface area contributed by atoms with Crippen molar-refractivity contribution in [3.8, 4) is 0 Å². The molecule has 7 heteroatoms. The molecular formula is C12H18N2O4S. The van der Waals surface area contributed by atoms with E-state index in [1.54, 1.807) is 12.1 Å². The maximum Gasteiger partial charge on any atom is 0.306 e. The molecule has 1 rings (SSSR count). The Bertz CT molecular complexity index is 569. The molecule has 106 valence electrons. The second kappa shape index (κ2) is 6.03. The van der Waals surface area contributed by atoms with Gasteiger partial charge in [0.05, 0.1) is 19.2 Å². The van der Waals surface area contributed by atoms with Crippen molar-refractivity contribution in [3.05, 3.63) is 23.8 Å². The van der Waals surface area contributed by atoms with Crippen LogP contribution < -0.4 is 5.73 Å². The molecular weight excluding hydrogens is 268 g/mol. The monoisotopic (exact) mass is 286 g/mol. The number of carbonyl (C=O) groups is 1. The minimum atomic E-state index is -3.69. The lowest BCUT2D eigenvalue weighted by Crippen LogP contribution is -2.30. The number of nitrogens with zero attached hydrogens (tertiary/aromatic N) is 1. The molecule has 0 aliphatic carbocycles. The van der Waals surface area contributed by atoms with Crippen LogP contribution >= 0.6 is 0 Å². The van der Waals surface area contributed by atoms with Crippen molar-refractivity contribution in [2.75, 3.05) is 26.4 Å². The Hall–Kier alpha value is -1.60. The van der Waals surface area contributed by atoms with Gasteiger partial charge >= 0.3 is 5.97 Å². The quantitative estimate of drug-likeness (QED) is 0.637. The van der Waals surface area contributed by atoms with E-state index in [1.807, 2.05) is 6.92 Å². The molecule has 1 aromatic rings. The number of nitrogen functional groups attached to an aromatic ring is 1. The van der Waals surface area contributed by atoms with Crippen LogP contribution in [0.4, 0.5) is 5.69 Å². The molecule has 0 radical (unpaired) electrons. The lowest BCUT2D eigenvalue weighted by molar-refractivity contribution is -0.140. The Morgan fingerprint density at radius 3 is 2.58 bits per heavy atom. The van der Waals surface area contributed by atoms with Gasteiger partial charge in [0.25, 0.3) is 0 Å². The van der Waals surface area contributed by atoms with Gasteiger partial charge in [0.1, 0.15) is 4.90 Å². The van der Waals surface area contributed by atoms with Gasteiger partial charge < -0.3 is 10.5 Å². The summed E-state index contributed by atoms with van der Waals surface area (Å²) < 4.78 is 30.1. The molecule has 0 aliphatic heterocycles. The fraction of sp³-hybridized carbons (Fsp3) is 0.417. The number of benzene rings is 1. The first-order valence-corrected chi connectivity index (χ1v) is 7.12. The predicted molar refractivity (Wildman–Crippen MR) is 72.0 cm³/mol. The van der Waals surface area contributed by atoms with Crippen LogP contribution in [-0.2, 0) is 19.6 Å². The average molecular weight is 286 g/mol. The number of sulfonamides is 1. The highest BCUT2D eigenvalue weighted by Gasteiger charge is 2.23. The van der Waals surface area contributed by atoms with Gasteiger partial charge in [-0.2, -0.15) is 0 Å². The van der Waals surface area contributed by atoms with E-state index in [1.165, 1.54) is 20.2 Å². The van der Waals surface area contributed by atoms with Crippen LogP contribution in [0.1, 0.15) is 12.0 Å². The molecule has 0 aromatic heterocycles. The van der Waals surface area contributed by atoms with Crippen LogP contribution in [0.3, 0.4) is 0 Å². The first-order valence-electron chi connectivity index (χ1n) is 5.68. The van der Waals surface area contributed by atoms with Crippen molar-refractivity contribution >= 4 is 21.7 Å². The SMILES string of the molecule is COC(=O)CCN(C)S(=O)(=O)c1ccc(C)cc1N. The summed E-state index contributed by atoms with van der Waals surface area (Å²) in [5, 5.41) is 0. The summed E-state index contributed by atoms with van der Waals surface area (Å²) in [6.07, 6.45) is -0.00199. The summed E-state index contributed by atoms with van der Waals surface area (Å²) in [7, 11) is -1.03. The fourth-order valence-electron chi connectivity index (χ4n) is 1.54. The fourth-order valence-corrected chi connectivity index (χ4v) is 2.81. The van der Waals surface area contributed by atoms with Gasteiger partial charge in [-0.3, -0.25) is 4.79 Å². The van der Waals surface area contributed by atoms with Gasteiger partial charge in [0, 0.05) is 13.6 Å². The topological polar surface area (TPSA) is 89.7 Å². The number of carbonyl (C=O) groups excluding carboxylic acids is 1. The lowest BCUT2D eigenvalue weighted by atomic mass is 10.2. The Labute approximate surface area is 113 Å². The van der Waals surface area contributed by atoms with Crippen molar-refractivity contribution in [1.82, 2.24) is 4.31 Å². The number of rotatable bonds is 5. The molecule has 0 heterocycles. The molecule has 19 heavy (non-hydrogen) atoms. The zero-order valence-corrected chi connectivity index (χ0v) is 12.0. The van der Waals surface area contributed by atoms with Crippen LogP contribution in [0.25, 0.3) is 0 Å². The average Bonchev–Trinajstić information content (AvgIpc) is 2.34. The van der Waals surface area contributed by atoms with Gasteiger partial charge in [0.2, 0.25) is 10.0 Å².